The van der Waals surface area contributed by atoms with Gasteiger partial charge in [0.25, 0.3) is 0 Å². The first-order valence-electron chi connectivity index (χ1n) is 5.43. The quantitative estimate of drug-likeness (QED) is 0.548. The van der Waals surface area contributed by atoms with Crippen molar-refractivity contribution in [2.45, 2.75) is 0 Å². The van der Waals surface area contributed by atoms with Crippen molar-refractivity contribution < 1.29 is 9.53 Å². The molecule has 0 spiro atoms. The first kappa shape index (κ1) is 9.85. The molecule has 0 saturated heterocycles. The maximum atomic E-state index is 11.6. The number of hydrogen-bond acceptors (Lipinski definition) is 2. The van der Waals surface area contributed by atoms with Crippen LogP contribution in [0.4, 0.5) is 0 Å². The van der Waals surface area contributed by atoms with Gasteiger partial charge >= 0.3 is 5.97 Å². The van der Waals surface area contributed by atoms with Crippen LogP contribution in [-0.2, 0) is 4.74 Å². The summed E-state index contributed by atoms with van der Waals surface area (Å²) in [7, 11) is 0. The van der Waals surface area contributed by atoms with Gasteiger partial charge in [0.15, 0.2) is 0 Å². The molecule has 3 rings (SSSR count). The molecule has 2 nitrogen and oxygen atoms in total. The number of ether oxygens (including phenoxy) is 1. The van der Waals surface area contributed by atoms with Crippen LogP contribution in [0.1, 0.15) is 21.5 Å². The van der Waals surface area contributed by atoms with Crippen molar-refractivity contribution in [3.63, 3.8) is 0 Å². The third-order valence-corrected chi connectivity index (χ3v) is 2.71. The van der Waals surface area contributed by atoms with Gasteiger partial charge in [0.2, 0.25) is 0 Å². The minimum Gasteiger partial charge on any atom is -0.422 e. The molecule has 0 N–H and O–H groups in total. The second kappa shape index (κ2) is 3.91. The average molecular weight is 224 g/mol. The van der Waals surface area contributed by atoms with Gasteiger partial charge in [-0.2, -0.15) is 0 Å². The Morgan fingerprint density at radius 2 is 1.47 bits per heavy atom. The van der Waals surface area contributed by atoms with Crippen LogP contribution < -0.4 is 0 Å². The Balaban J connectivity index is 2.08. The Hall–Kier alpha value is -2.35. The minimum absolute atomic E-state index is 0.275. The maximum absolute atomic E-state index is 11.6. The minimum atomic E-state index is -0.275. The molecule has 0 aromatic heterocycles. The van der Waals surface area contributed by atoms with Gasteiger partial charge in [0, 0.05) is 5.56 Å². The lowest BCUT2D eigenvalue weighted by Crippen LogP contribution is -1.92. The molecular formula is C15H10O2. The van der Waals surface area contributed by atoms with E-state index < -0.39 is 0 Å². The lowest BCUT2D eigenvalue weighted by atomic mass is 10.1. The predicted molar refractivity (Wildman–Crippen MR) is 66.2 cm³/mol. The lowest BCUT2D eigenvalue weighted by Gasteiger charge is -1.98. The lowest BCUT2D eigenvalue weighted by molar-refractivity contribution is 0.0717. The molecule has 1 aliphatic heterocycles. The van der Waals surface area contributed by atoms with Gasteiger partial charge in [-0.15, -0.1) is 0 Å². The zero-order valence-electron chi connectivity index (χ0n) is 9.09. The maximum Gasteiger partial charge on any atom is 0.344 e. The van der Waals surface area contributed by atoms with Crippen molar-refractivity contribution in [3.05, 3.63) is 71.3 Å². The number of hydrogen-bond donors (Lipinski definition) is 0. The molecule has 0 radical (unpaired) electrons. The van der Waals surface area contributed by atoms with E-state index in [2.05, 4.69) is 0 Å². The fourth-order valence-corrected chi connectivity index (χ4v) is 1.89. The normalized spacial score (nSPS) is 15.8. The third kappa shape index (κ3) is 1.74. The molecule has 2 aromatic carbocycles. The van der Waals surface area contributed by atoms with Crippen LogP contribution in [0.15, 0.2) is 54.6 Å². The number of fused-ring (bicyclic) bond motifs is 1. The van der Waals surface area contributed by atoms with Gasteiger partial charge < -0.3 is 4.74 Å². The molecule has 0 amide bonds. The first-order valence-corrected chi connectivity index (χ1v) is 5.43. The fourth-order valence-electron chi connectivity index (χ4n) is 1.89. The van der Waals surface area contributed by atoms with Crippen molar-refractivity contribution >= 4 is 17.8 Å². The second-order valence-corrected chi connectivity index (χ2v) is 3.85. The Kier molecular flexibility index (Phi) is 2.26. The predicted octanol–water partition coefficient (Wildman–Crippen LogP) is 3.36. The highest BCUT2D eigenvalue weighted by Crippen LogP contribution is 2.30. The van der Waals surface area contributed by atoms with E-state index in [-0.39, 0.29) is 5.97 Å². The summed E-state index contributed by atoms with van der Waals surface area (Å²) in [6.07, 6.45) is 1.88. The zero-order valence-corrected chi connectivity index (χ0v) is 9.09. The molecule has 0 atom stereocenters. The summed E-state index contributed by atoms with van der Waals surface area (Å²) >= 11 is 0. The van der Waals surface area contributed by atoms with Gasteiger partial charge in [-0.1, -0.05) is 48.5 Å². The van der Waals surface area contributed by atoms with Crippen LogP contribution in [0.25, 0.3) is 11.8 Å². The zero-order chi connectivity index (χ0) is 11.7. The van der Waals surface area contributed by atoms with Crippen LogP contribution in [0.5, 0.6) is 0 Å². The molecule has 2 heteroatoms. The molecule has 17 heavy (non-hydrogen) atoms. The molecule has 1 heterocycles. The molecule has 82 valence electrons. The number of esters is 1. The van der Waals surface area contributed by atoms with Crippen LogP contribution in [0, 0.1) is 0 Å². The van der Waals surface area contributed by atoms with E-state index in [0.717, 1.165) is 11.1 Å². The molecule has 0 unspecified atom stereocenters. The Labute approximate surface area is 99.2 Å². The van der Waals surface area contributed by atoms with Crippen LogP contribution in [0.3, 0.4) is 0 Å². The van der Waals surface area contributed by atoms with E-state index in [4.69, 9.17) is 4.74 Å². The number of cyclic esters (lactones) is 1. The fraction of sp³-hybridized carbons (Fsp3) is 0. The number of benzene rings is 2. The molecule has 0 saturated carbocycles. The highest BCUT2D eigenvalue weighted by atomic mass is 18.1. The van der Waals surface area contributed by atoms with Crippen molar-refractivity contribution in [1.82, 2.24) is 0 Å². The van der Waals surface area contributed by atoms with Crippen LogP contribution in [0.2, 0.25) is 0 Å². The average Bonchev–Trinajstić information content (AvgIpc) is 2.69. The smallest absolute Gasteiger partial charge is 0.344 e. The van der Waals surface area contributed by atoms with Crippen molar-refractivity contribution in [3.8, 4) is 0 Å². The summed E-state index contributed by atoms with van der Waals surface area (Å²) in [5.74, 6) is 0.347. The van der Waals surface area contributed by atoms with E-state index >= 15 is 0 Å². The van der Waals surface area contributed by atoms with Gasteiger partial charge in [-0.25, -0.2) is 4.79 Å². The van der Waals surface area contributed by atoms with Crippen molar-refractivity contribution in [1.29, 1.82) is 0 Å². The van der Waals surface area contributed by atoms with Gasteiger partial charge in [-0.3, -0.25) is 0 Å². The van der Waals surface area contributed by atoms with Crippen LogP contribution >= 0.6 is 0 Å². The molecule has 0 fully saturated rings. The van der Waals surface area contributed by atoms with Gasteiger partial charge in [0.1, 0.15) is 5.76 Å². The highest BCUT2D eigenvalue weighted by Gasteiger charge is 2.25. The van der Waals surface area contributed by atoms with Crippen LogP contribution in [-0.4, -0.2) is 5.97 Å². The van der Waals surface area contributed by atoms with E-state index in [9.17, 15) is 4.79 Å². The van der Waals surface area contributed by atoms with E-state index in [1.807, 2.05) is 54.6 Å². The highest BCUT2D eigenvalue weighted by molar-refractivity contribution is 6.05. The summed E-state index contributed by atoms with van der Waals surface area (Å²) < 4.78 is 5.26. The number of carbonyl (C=O) groups is 1. The summed E-state index contributed by atoms with van der Waals surface area (Å²) in [5, 5.41) is 0. The van der Waals surface area contributed by atoms with Crippen molar-refractivity contribution in [2.24, 2.45) is 0 Å². The monoisotopic (exact) mass is 224 g/mol. The van der Waals surface area contributed by atoms with E-state index in [0.29, 0.717) is 11.3 Å². The molecule has 1 aliphatic rings. The van der Waals surface area contributed by atoms with Gasteiger partial charge in [-0.05, 0) is 17.7 Å². The molecule has 0 bridgehead atoms. The molecule has 0 aliphatic carbocycles. The summed E-state index contributed by atoms with van der Waals surface area (Å²) in [5.41, 5.74) is 2.52. The summed E-state index contributed by atoms with van der Waals surface area (Å²) in [4.78, 5) is 11.6. The summed E-state index contributed by atoms with van der Waals surface area (Å²) in [6.45, 7) is 0. The largest absolute Gasteiger partial charge is 0.422 e. The first-order chi connectivity index (χ1) is 8.34. The third-order valence-electron chi connectivity index (χ3n) is 2.71. The topological polar surface area (TPSA) is 26.3 Å². The Morgan fingerprint density at radius 3 is 2.24 bits per heavy atom. The summed E-state index contributed by atoms with van der Waals surface area (Å²) in [6, 6.07) is 17.2. The Morgan fingerprint density at radius 1 is 0.824 bits per heavy atom. The van der Waals surface area contributed by atoms with E-state index in [1.54, 1.807) is 6.07 Å². The SMILES string of the molecule is [18O]=C1O/C(=C\c2ccccc2)c2ccccc21. The molecule has 2 aromatic rings. The Bertz CT molecular complexity index is 597. The van der Waals surface area contributed by atoms with E-state index in [1.165, 1.54) is 0 Å². The number of carbonyl (C=O) groups excluding carboxylic acids is 1. The second-order valence-electron chi connectivity index (χ2n) is 3.85. The standard InChI is InChI=1S/C15H10O2/c16-15-13-9-5-4-8-12(13)14(17-15)10-11-6-2-1-3-7-11/h1-10H/b14-10-/i16+2. The number of rotatable bonds is 1. The van der Waals surface area contributed by atoms with Gasteiger partial charge in [0.05, 0.1) is 5.56 Å². The van der Waals surface area contributed by atoms with Crippen molar-refractivity contribution in [2.75, 3.05) is 0 Å². The molecular weight excluding hydrogens is 214 g/mol.